The van der Waals surface area contributed by atoms with Crippen LogP contribution in [0.15, 0.2) is 30.3 Å². The first-order valence-electron chi connectivity index (χ1n) is 5.33. The average Bonchev–Trinajstić information content (AvgIpc) is 2.54. The molecular formula is C13H17NO. The Bertz CT molecular complexity index is 457. The van der Waals surface area contributed by atoms with Crippen LogP contribution in [0.3, 0.4) is 0 Å². The van der Waals surface area contributed by atoms with E-state index in [0.29, 0.717) is 6.61 Å². The molecule has 0 N–H and O–H groups in total. The molecule has 1 heterocycles. The minimum absolute atomic E-state index is 0.281. The van der Waals surface area contributed by atoms with E-state index < -0.39 is 0 Å². The van der Waals surface area contributed by atoms with E-state index in [4.69, 9.17) is 4.74 Å². The quantitative estimate of drug-likeness (QED) is 0.747. The fraction of sp³-hybridized carbons (Fsp3) is 0.385. The fourth-order valence-electron chi connectivity index (χ4n) is 1.74. The van der Waals surface area contributed by atoms with Crippen LogP contribution in [-0.4, -0.2) is 10.7 Å². The Morgan fingerprint density at radius 3 is 2.67 bits per heavy atom. The second kappa shape index (κ2) is 4.07. The molecule has 2 rings (SSSR count). The van der Waals surface area contributed by atoms with Crippen molar-refractivity contribution in [2.75, 3.05) is 0 Å². The summed E-state index contributed by atoms with van der Waals surface area (Å²) in [4.78, 5) is 0. The van der Waals surface area contributed by atoms with Gasteiger partial charge in [-0.3, -0.25) is 0 Å². The molecule has 0 unspecified atom stereocenters. The second-order valence-electron chi connectivity index (χ2n) is 4.11. The molecule has 0 atom stereocenters. The topological polar surface area (TPSA) is 14.2 Å². The summed E-state index contributed by atoms with van der Waals surface area (Å²) in [7, 11) is 2.08. The first-order valence-corrected chi connectivity index (χ1v) is 5.33. The lowest BCUT2D eigenvalue weighted by atomic mass is 10.2. The number of ether oxygens (including phenoxy) is 1. The smallest absolute Gasteiger partial charge is 0.0871 e. The average molecular weight is 203 g/mol. The molecule has 2 heteroatoms. The third kappa shape index (κ3) is 2.05. The summed E-state index contributed by atoms with van der Waals surface area (Å²) >= 11 is 0. The van der Waals surface area contributed by atoms with Gasteiger partial charge in [0.1, 0.15) is 0 Å². The highest BCUT2D eigenvalue weighted by molar-refractivity contribution is 5.81. The Labute approximate surface area is 90.5 Å². The summed E-state index contributed by atoms with van der Waals surface area (Å²) in [5.74, 6) is 0. The Morgan fingerprint density at radius 1 is 1.27 bits per heavy atom. The molecule has 0 saturated heterocycles. The molecule has 0 aliphatic heterocycles. The van der Waals surface area contributed by atoms with Gasteiger partial charge >= 0.3 is 0 Å². The zero-order chi connectivity index (χ0) is 10.8. The molecule has 80 valence electrons. The highest BCUT2D eigenvalue weighted by Crippen LogP contribution is 2.18. The maximum Gasteiger partial charge on any atom is 0.0871 e. The van der Waals surface area contributed by atoms with Crippen LogP contribution >= 0.6 is 0 Å². The van der Waals surface area contributed by atoms with Crippen LogP contribution in [0.5, 0.6) is 0 Å². The van der Waals surface area contributed by atoms with Crippen molar-refractivity contribution in [2.24, 2.45) is 7.05 Å². The summed E-state index contributed by atoms with van der Waals surface area (Å²) in [6.07, 6.45) is 0.281. The number of aromatic nitrogens is 1. The standard InChI is InChI=1S/C13H17NO/c1-10(2)15-9-12-8-11-6-4-5-7-13(11)14(12)3/h4-8,10H,9H2,1-3H3. The van der Waals surface area contributed by atoms with Gasteiger partial charge in [-0.1, -0.05) is 18.2 Å². The Morgan fingerprint density at radius 2 is 2.00 bits per heavy atom. The molecule has 0 saturated carbocycles. The van der Waals surface area contributed by atoms with Gasteiger partial charge in [-0.05, 0) is 31.4 Å². The number of benzene rings is 1. The van der Waals surface area contributed by atoms with E-state index in [1.165, 1.54) is 16.6 Å². The predicted molar refractivity (Wildman–Crippen MR) is 62.8 cm³/mol. The van der Waals surface area contributed by atoms with E-state index in [0.717, 1.165) is 0 Å². The van der Waals surface area contributed by atoms with Gasteiger partial charge in [0.2, 0.25) is 0 Å². The van der Waals surface area contributed by atoms with Crippen LogP contribution in [0.4, 0.5) is 0 Å². The van der Waals surface area contributed by atoms with E-state index in [1.54, 1.807) is 0 Å². The first-order chi connectivity index (χ1) is 7.18. The van der Waals surface area contributed by atoms with Gasteiger partial charge in [-0.25, -0.2) is 0 Å². The number of fused-ring (bicyclic) bond motifs is 1. The van der Waals surface area contributed by atoms with Crippen molar-refractivity contribution in [1.29, 1.82) is 0 Å². The van der Waals surface area contributed by atoms with Crippen LogP contribution in [0, 0.1) is 0 Å². The molecular weight excluding hydrogens is 186 g/mol. The van der Waals surface area contributed by atoms with Gasteiger partial charge < -0.3 is 9.30 Å². The molecule has 2 nitrogen and oxygen atoms in total. The lowest BCUT2D eigenvalue weighted by molar-refractivity contribution is 0.0624. The third-order valence-corrected chi connectivity index (χ3v) is 2.62. The Kier molecular flexibility index (Phi) is 2.78. The zero-order valence-corrected chi connectivity index (χ0v) is 9.53. The number of para-hydroxylation sites is 1. The largest absolute Gasteiger partial charge is 0.373 e. The molecule has 1 aromatic carbocycles. The molecule has 0 amide bonds. The number of hydrogen-bond donors (Lipinski definition) is 0. The highest BCUT2D eigenvalue weighted by atomic mass is 16.5. The van der Waals surface area contributed by atoms with E-state index in [2.05, 4.69) is 55.8 Å². The van der Waals surface area contributed by atoms with Crippen LogP contribution in [-0.2, 0) is 18.4 Å². The zero-order valence-electron chi connectivity index (χ0n) is 9.53. The van der Waals surface area contributed by atoms with Crippen molar-refractivity contribution in [3.8, 4) is 0 Å². The molecule has 0 fully saturated rings. The molecule has 0 bridgehead atoms. The number of aryl methyl sites for hydroxylation is 1. The van der Waals surface area contributed by atoms with Crippen LogP contribution in [0.25, 0.3) is 10.9 Å². The van der Waals surface area contributed by atoms with Gasteiger partial charge in [0.25, 0.3) is 0 Å². The van der Waals surface area contributed by atoms with Crippen LogP contribution < -0.4 is 0 Å². The van der Waals surface area contributed by atoms with Crippen molar-refractivity contribution in [2.45, 2.75) is 26.6 Å². The minimum atomic E-state index is 0.281. The summed E-state index contributed by atoms with van der Waals surface area (Å²) in [6.45, 7) is 4.80. The van der Waals surface area contributed by atoms with E-state index in [-0.39, 0.29) is 6.10 Å². The third-order valence-electron chi connectivity index (χ3n) is 2.62. The van der Waals surface area contributed by atoms with Crippen LogP contribution in [0.2, 0.25) is 0 Å². The molecule has 0 aliphatic rings. The molecule has 0 radical (unpaired) electrons. The molecule has 0 aliphatic carbocycles. The van der Waals surface area contributed by atoms with Crippen molar-refractivity contribution < 1.29 is 4.74 Å². The summed E-state index contributed by atoms with van der Waals surface area (Å²) in [6, 6.07) is 10.6. The lowest BCUT2D eigenvalue weighted by Gasteiger charge is -2.08. The first kappa shape index (κ1) is 10.2. The molecule has 1 aromatic heterocycles. The molecule has 0 spiro atoms. The van der Waals surface area contributed by atoms with E-state index >= 15 is 0 Å². The number of hydrogen-bond acceptors (Lipinski definition) is 1. The molecule has 15 heavy (non-hydrogen) atoms. The summed E-state index contributed by atoms with van der Waals surface area (Å²) < 4.78 is 7.81. The SMILES string of the molecule is CC(C)OCc1cc2ccccc2n1C. The van der Waals surface area contributed by atoms with E-state index in [9.17, 15) is 0 Å². The summed E-state index contributed by atoms with van der Waals surface area (Å²) in [5.41, 5.74) is 2.49. The van der Waals surface area contributed by atoms with Gasteiger partial charge in [-0.2, -0.15) is 0 Å². The maximum atomic E-state index is 5.62. The van der Waals surface area contributed by atoms with Crippen molar-refractivity contribution in [3.05, 3.63) is 36.0 Å². The second-order valence-corrected chi connectivity index (χ2v) is 4.11. The van der Waals surface area contributed by atoms with Crippen molar-refractivity contribution in [1.82, 2.24) is 4.57 Å². The fourth-order valence-corrected chi connectivity index (χ4v) is 1.74. The number of rotatable bonds is 3. The van der Waals surface area contributed by atoms with Gasteiger partial charge in [0, 0.05) is 18.3 Å². The van der Waals surface area contributed by atoms with Gasteiger partial charge in [0.05, 0.1) is 12.7 Å². The van der Waals surface area contributed by atoms with Crippen molar-refractivity contribution >= 4 is 10.9 Å². The molecule has 2 aromatic rings. The summed E-state index contributed by atoms with van der Waals surface area (Å²) in [5, 5.41) is 1.28. The highest BCUT2D eigenvalue weighted by Gasteiger charge is 2.05. The monoisotopic (exact) mass is 203 g/mol. The normalized spacial score (nSPS) is 11.5. The van der Waals surface area contributed by atoms with Crippen LogP contribution in [0.1, 0.15) is 19.5 Å². The Hall–Kier alpha value is -1.28. The van der Waals surface area contributed by atoms with Gasteiger partial charge in [-0.15, -0.1) is 0 Å². The number of nitrogens with zero attached hydrogens (tertiary/aromatic N) is 1. The lowest BCUT2D eigenvalue weighted by Crippen LogP contribution is -2.05. The predicted octanol–water partition coefficient (Wildman–Crippen LogP) is 3.10. The minimum Gasteiger partial charge on any atom is -0.373 e. The Balaban J connectivity index is 2.32. The van der Waals surface area contributed by atoms with Gasteiger partial charge in [0.15, 0.2) is 0 Å². The maximum absolute atomic E-state index is 5.62. The van der Waals surface area contributed by atoms with E-state index in [1.807, 2.05) is 0 Å². The van der Waals surface area contributed by atoms with Crippen molar-refractivity contribution in [3.63, 3.8) is 0 Å².